The fourth-order valence-corrected chi connectivity index (χ4v) is 4.55. The maximum atomic E-state index is 12.5. The molecule has 0 heterocycles. The Labute approximate surface area is 132 Å². The third-order valence-corrected chi connectivity index (χ3v) is 6.39. The van der Waals surface area contributed by atoms with Crippen LogP contribution >= 0.6 is 0 Å². The van der Waals surface area contributed by atoms with Gasteiger partial charge in [0.25, 0.3) is 0 Å². The lowest BCUT2D eigenvalue weighted by atomic mass is 9.78. The van der Waals surface area contributed by atoms with Crippen molar-refractivity contribution in [2.75, 3.05) is 12.8 Å². The molecule has 1 saturated carbocycles. The second-order valence-electron chi connectivity index (χ2n) is 6.78. The Balaban J connectivity index is 1.77. The van der Waals surface area contributed by atoms with E-state index in [1.165, 1.54) is 31.2 Å². The third-order valence-electron chi connectivity index (χ3n) is 4.81. The molecule has 1 aromatic carbocycles. The zero-order valence-corrected chi connectivity index (χ0v) is 14.4. The molecule has 2 rings (SSSR count). The molecule has 0 saturated heterocycles. The molecule has 0 spiro atoms. The molecule has 1 atom stereocenters. The second-order valence-corrected chi connectivity index (χ2v) is 8.38. The van der Waals surface area contributed by atoms with Gasteiger partial charge in [-0.3, -0.25) is 0 Å². The monoisotopic (exact) mass is 307 g/mol. The van der Waals surface area contributed by atoms with Gasteiger partial charge in [-0.1, -0.05) is 44.2 Å². The van der Waals surface area contributed by atoms with Crippen LogP contribution in [0.3, 0.4) is 0 Å². The van der Waals surface area contributed by atoms with Gasteiger partial charge in [-0.05, 0) is 49.0 Å². The molecule has 0 aromatic heterocycles. The van der Waals surface area contributed by atoms with Crippen molar-refractivity contribution in [3.8, 4) is 0 Å². The van der Waals surface area contributed by atoms with Crippen LogP contribution in [-0.2, 0) is 17.5 Å². The molecule has 0 N–H and O–H groups in total. The minimum atomic E-state index is -0.851. The molecular formula is C18H29NOS. The molecule has 1 aliphatic rings. The van der Waals surface area contributed by atoms with Crippen LogP contribution in [0.1, 0.15) is 45.1 Å². The van der Waals surface area contributed by atoms with E-state index in [9.17, 15) is 4.21 Å². The van der Waals surface area contributed by atoms with E-state index in [4.69, 9.17) is 0 Å². The molecule has 1 fully saturated rings. The Kier molecular flexibility index (Phi) is 6.43. The van der Waals surface area contributed by atoms with E-state index in [-0.39, 0.29) is 0 Å². The molecule has 21 heavy (non-hydrogen) atoms. The van der Waals surface area contributed by atoms with Gasteiger partial charge in [-0.15, -0.1) is 0 Å². The van der Waals surface area contributed by atoms with E-state index >= 15 is 0 Å². The average molecular weight is 308 g/mol. The van der Waals surface area contributed by atoms with E-state index in [1.54, 1.807) is 0 Å². The first-order valence-corrected chi connectivity index (χ1v) is 9.47. The van der Waals surface area contributed by atoms with E-state index in [1.807, 2.05) is 29.6 Å². The highest BCUT2D eigenvalue weighted by atomic mass is 32.2. The summed E-state index contributed by atoms with van der Waals surface area (Å²) in [7, 11) is 1.12. The predicted molar refractivity (Wildman–Crippen MR) is 91.2 cm³/mol. The number of hydrogen-bond donors (Lipinski definition) is 0. The summed E-state index contributed by atoms with van der Waals surface area (Å²) in [5.41, 5.74) is 1.23. The van der Waals surface area contributed by atoms with Crippen LogP contribution in [0.25, 0.3) is 0 Å². The normalized spacial score (nSPS) is 24.4. The Morgan fingerprint density at radius 1 is 1.14 bits per heavy atom. The second kappa shape index (κ2) is 8.09. The van der Waals surface area contributed by atoms with E-state index in [0.29, 0.717) is 5.92 Å². The van der Waals surface area contributed by atoms with Crippen molar-refractivity contribution in [2.24, 2.45) is 17.8 Å². The summed E-state index contributed by atoms with van der Waals surface area (Å²) in [4.78, 5) is 0. The van der Waals surface area contributed by atoms with Gasteiger partial charge < -0.3 is 0 Å². The maximum Gasteiger partial charge on any atom is 0.0945 e. The highest BCUT2D eigenvalue weighted by Crippen LogP contribution is 2.33. The lowest BCUT2D eigenvalue weighted by molar-refractivity contribution is 0.235. The molecule has 1 aliphatic carbocycles. The Bertz CT molecular complexity index is 438. The van der Waals surface area contributed by atoms with Crippen LogP contribution in [0.4, 0.5) is 0 Å². The fourth-order valence-electron chi connectivity index (χ4n) is 3.26. The summed E-state index contributed by atoms with van der Waals surface area (Å²) >= 11 is 0. The van der Waals surface area contributed by atoms with Crippen molar-refractivity contribution < 1.29 is 4.21 Å². The molecule has 3 heteroatoms. The standard InChI is InChI=1S/C18H29NOS/c1-15(2)18-11-9-17(10-12-18)14-21(20)19(3)13-16-7-5-4-6-8-16/h4-8,15,17-18H,9-14H2,1-3H3. The van der Waals surface area contributed by atoms with Crippen molar-refractivity contribution in [1.29, 1.82) is 0 Å². The SMILES string of the molecule is CC(C)C1CCC(CS(=O)N(C)Cc2ccccc2)CC1. The zero-order chi connectivity index (χ0) is 15.2. The summed E-state index contributed by atoms with van der Waals surface area (Å²) in [6, 6.07) is 10.3. The predicted octanol–water partition coefficient (Wildman–Crippen LogP) is 4.24. The minimum Gasteiger partial charge on any atom is -0.243 e. The average Bonchev–Trinajstić information content (AvgIpc) is 2.48. The summed E-state index contributed by atoms with van der Waals surface area (Å²) in [5.74, 6) is 3.18. The first kappa shape index (κ1) is 16.7. The molecule has 0 radical (unpaired) electrons. The van der Waals surface area contributed by atoms with Crippen LogP contribution in [0.2, 0.25) is 0 Å². The van der Waals surface area contributed by atoms with E-state index in [0.717, 1.165) is 24.1 Å². The lowest BCUT2D eigenvalue weighted by Gasteiger charge is -2.31. The van der Waals surface area contributed by atoms with Crippen molar-refractivity contribution >= 4 is 11.0 Å². The number of nitrogens with zero attached hydrogens (tertiary/aromatic N) is 1. The molecule has 1 unspecified atom stereocenters. The highest BCUT2D eigenvalue weighted by molar-refractivity contribution is 7.82. The van der Waals surface area contributed by atoms with Crippen LogP contribution in [0, 0.1) is 17.8 Å². The molecule has 118 valence electrons. The molecule has 0 amide bonds. The van der Waals surface area contributed by atoms with E-state index < -0.39 is 11.0 Å². The van der Waals surface area contributed by atoms with E-state index in [2.05, 4.69) is 26.0 Å². The van der Waals surface area contributed by atoms with Crippen molar-refractivity contribution in [3.63, 3.8) is 0 Å². The zero-order valence-electron chi connectivity index (χ0n) is 13.6. The Morgan fingerprint density at radius 2 is 1.76 bits per heavy atom. The number of hydrogen-bond acceptors (Lipinski definition) is 1. The van der Waals surface area contributed by atoms with Crippen molar-refractivity contribution in [3.05, 3.63) is 35.9 Å². The van der Waals surface area contributed by atoms with Crippen molar-refractivity contribution in [2.45, 2.75) is 46.1 Å². The summed E-state index contributed by atoms with van der Waals surface area (Å²) < 4.78 is 14.5. The molecule has 0 aliphatic heterocycles. The third kappa shape index (κ3) is 5.23. The number of rotatable bonds is 6. The summed E-state index contributed by atoms with van der Waals surface area (Å²) in [6.07, 6.45) is 5.16. The topological polar surface area (TPSA) is 20.3 Å². The van der Waals surface area contributed by atoms with Gasteiger partial charge in [0.15, 0.2) is 0 Å². The Hall–Kier alpha value is -0.670. The molecule has 1 aromatic rings. The van der Waals surface area contributed by atoms with Gasteiger partial charge in [0.05, 0.1) is 11.0 Å². The molecular weight excluding hydrogens is 278 g/mol. The first-order valence-electron chi connectivity index (χ1n) is 8.19. The van der Waals surface area contributed by atoms with Crippen molar-refractivity contribution in [1.82, 2.24) is 4.31 Å². The maximum absolute atomic E-state index is 12.5. The van der Waals surface area contributed by atoms with Gasteiger partial charge in [0.1, 0.15) is 0 Å². The summed E-state index contributed by atoms with van der Waals surface area (Å²) in [5, 5.41) is 0. The summed E-state index contributed by atoms with van der Waals surface area (Å²) in [6.45, 7) is 5.43. The molecule has 0 bridgehead atoms. The van der Waals surface area contributed by atoms with Gasteiger partial charge in [-0.2, -0.15) is 0 Å². The van der Waals surface area contributed by atoms with Gasteiger partial charge in [0.2, 0.25) is 0 Å². The highest BCUT2D eigenvalue weighted by Gasteiger charge is 2.25. The first-order chi connectivity index (χ1) is 10.1. The minimum absolute atomic E-state index is 0.652. The van der Waals surface area contributed by atoms with Gasteiger partial charge >= 0.3 is 0 Å². The number of benzene rings is 1. The van der Waals surface area contributed by atoms with Crippen LogP contribution in [0.15, 0.2) is 30.3 Å². The molecule has 2 nitrogen and oxygen atoms in total. The Morgan fingerprint density at radius 3 is 2.33 bits per heavy atom. The lowest BCUT2D eigenvalue weighted by Crippen LogP contribution is -2.28. The largest absolute Gasteiger partial charge is 0.243 e. The fraction of sp³-hybridized carbons (Fsp3) is 0.667. The van der Waals surface area contributed by atoms with Crippen LogP contribution in [0.5, 0.6) is 0 Å². The van der Waals surface area contributed by atoms with Gasteiger partial charge in [-0.25, -0.2) is 8.51 Å². The quantitative estimate of drug-likeness (QED) is 0.769. The smallest absolute Gasteiger partial charge is 0.0945 e. The van der Waals surface area contributed by atoms with Crippen LogP contribution < -0.4 is 0 Å². The van der Waals surface area contributed by atoms with Crippen LogP contribution in [-0.4, -0.2) is 21.3 Å². The van der Waals surface area contributed by atoms with Gasteiger partial charge in [0, 0.05) is 19.3 Å².